The molecule has 1 saturated carbocycles. The molecule has 13 heteroatoms. The molecule has 49 heavy (non-hydrogen) atoms. The Morgan fingerprint density at radius 3 is 2.24 bits per heavy atom. The third-order valence-corrected chi connectivity index (χ3v) is 8.88. The van der Waals surface area contributed by atoms with Gasteiger partial charge in [-0.15, -0.1) is 0 Å². The molecule has 2 aliphatic rings. The summed E-state index contributed by atoms with van der Waals surface area (Å²) in [6.45, 7) is 11.8. The molecule has 0 radical (unpaired) electrons. The monoisotopic (exact) mass is 671 g/mol. The number of benzene rings is 2. The smallest absolute Gasteiger partial charge is 0.412 e. The van der Waals surface area contributed by atoms with E-state index < -0.39 is 17.7 Å². The summed E-state index contributed by atoms with van der Waals surface area (Å²) >= 11 is 0. The number of hydrogen-bond acceptors (Lipinski definition) is 10. The number of carboxylic acid groups (broad SMARTS) is 1. The van der Waals surface area contributed by atoms with Gasteiger partial charge in [0.1, 0.15) is 23.4 Å². The number of fused-ring (bicyclic) bond motifs is 1. The van der Waals surface area contributed by atoms with E-state index in [0.29, 0.717) is 24.1 Å². The Morgan fingerprint density at radius 1 is 0.959 bits per heavy atom. The minimum absolute atomic E-state index is 0.287. The van der Waals surface area contributed by atoms with Gasteiger partial charge in [-0.3, -0.25) is 15.0 Å². The molecule has 262 valence electrons. The van der Waals surface area contributed by atoms with E-state index in [1.54, 1.807) is 0 Å². The van der Waals surface area contributed by atoms with Crippen molar-refractivity contribution in [3.8, 4) is 11.3 Å². The third kappa shape index (κ3) is 9.45. The molecule has 2 aromatic carbocycles. The number of nitrogens with one attached hydrogen (secondary N) is 2. The number of anilines is 3. The maximum atomic E-state index is 12.4. The molecule has 1 amide bonds. The number of ether oxygens (including phenoxy) is 1. The second kappa shape index (κ2) is 15.6. The molecule has 3 heterocycles. The number of carbonyl (C=O) groups excluding carboxylic acids is 1. The molecular weight excluding hydrogens is 622 g/mol. The average molecular weight is 672 g/mol. The number of rotatable bonds is 7. The molecule has 2 fully saturated rings. The fraction of sp³-hybridized carbons (Fsp3) is 0.472. The summed E-state index contributed by atoms with van der Waals surface area (Å²) in [5.74, 6) is -0.385. The van der Waals surface area contributed by atoms with E-state index in [2.05, 4.69) is 54.3 Å². The van der Waals surface area contributed by atoms with Crippen molar-refractivity contribution < 1.29 is 19.4 Å². The quantitative estimate of drug-likeness (QED) is 0.186. The van der Waals surface area contributed by atoms with Crippen LogP contribution in [0.5, 0.6) is 0 Å². The fourth-order valence-corrected chi connectivity index (χ4v) is 6.46. The van der Waals surface area contributed by atoms with Crippen molar-refractivity contribution in [3.05, 3.63) is 60.4 Å². The number of piperazine rings is 1. The molecule has 1 saturated heterocycles. The number of para-hydroxylation sites is 1. The first-order chi connectivity index (χ1) is 23.4. The van der Waals surface area contributed by atoms with Gasteiger partial charge >= 0.3 is 6.09 Å². The van der Waals surface area contributed by atoms with Crippen LogP contribution in [0.25, 0.3) is 22.3 Å². The summed E-state index contributed by atoms with van der Waals surface area (Å²) < 4.78 is 7.53. The largest absolute Gasteiger partial charge is 0.481 e. The number of aliphatic carboxylic acids is 1. The number of nitrogen functional groups attached to an aromatic ring is 1. The molecule has 2 aromatic heterocycles. The van der Waals surface area contributed by atoms with Crippen LogP contribution >= 0.6 is 0 Å². The highest BCUT2D eigenvalue weighted by molar-refractivity contribution is 5.98. The molecule has 13 nitrogen and oxygen atoms in total. The molecule has 1 aliphatic carbocycles. The van der Waals surface area contributed by atoms with Crippen LogP contribution in [0.3, 0.4) is 0 Å². The zero-order valence-corrected chi connectivity index (χ0v) is 29.1. The minimum Gasteiger partial charge on any atom is -0.481 e. The standard InChI is InChI=1S/C34H45N9O2.C2H4O2/c1-34(2,3)45-33(44)39-28-8-6-5-7-24(28)21-36-25-11-9-23(10-12-25)30-29-31(35)37-22-38-32(29)43(40-30)27-15-13-26(14-16-27)42-19-17-41(4)18-20-42;1-2(3)4/h5-12,22,26-27,36H,13-21H2,1-4H3,(H,39,44)(H2,35,37,38);1H3,(H,3,4)/t26-,27-;. The first kappa shape index (κ1) is 35.6. The summed E-state index contributed by atoms with van der Waals surface area (Å²) in [5.41, 5.74) is 11.0. The minimum atomic E-state index is -0.833. The topological polar surface area (TPSA) is 164 Å². The van der Waals surface area contributed by atoms with E-state index in [1.807, 2.05) is 57.2 Å². The second-order valence-corrected chi connectivity index (χ2v) is 13.8. The SMILES string of the molecule is CC(=O)O.CN1CCN([C@H]2CC[C@H](n3nc(-c4ccc(NCc5ccccc5NC(=O)OC(C)(C)C)cc4)c4c(N)ncnc43)CC2)CC1. The molecule has 0 spiro atoms. The number of amides is 1. The van der Waals surface area contributed by atoms with Crippen LogP contribution in [-0.4, -0.2) is 91.6 Å². The van der Waals surface area contributed by atoms with Gasteiger partial charge in [0.2, 0.25) is 0 Å². The molecule has 0 bridgehead atoms. The van der Waals surface area contributed by atoms with E-state index >= 15 is 0 Å². The lowest BCUT2D eigenvalue weighted by Crippen LogP contribution is -2.49. The van der Waals surface area contributed by atoms with Crippen molar-refractivity contribution in [2.75, 3.05) is 49.6 Å². The van der Waals surface area contributed by atoms with Crippen molar-refractivity contribution in [1.82, 2.24) is 29.5 Å². The normalized spacial score (nSPS) is 18.7. The molecular formula is C36H49N9O4. The Hall–Kier alpha value is -4.75. The van der Waals surface area contributed by atoms with Gasteiger partial charge in [0.05, 0.1) is 11.4 Å². The zero-order valence-electron chi connectivity index (χ0n) is 29.1. The van der Waals surface area contributed by atoms with Crippen molar-refractivity contribution in [2.24, 2.45) is 0 Å². The average Bonchev–Trinajstić information content (AvgIpc) is 3.45. The first-order valence-corrected chi connectivity index (χ1v) is 16.9. The van der Waals surface area contributed by atoms with E-state index in [1.165, 1.54) is 19.2 Å². The number of aromatic nitrogens is 4. The maximum absolute atomic E-state index is 12.4. The van der Waals surface area contributed by atoms with E-state index in [4.69, 9.17) is 25.5 Å². The molecule has 5 N–H and O–H groups in total. The van der Waals surface area contributed by atoms with Gasteiger partial charge in [0.15, 0.2) is 5.65 Å². The lowest BCUT2D eigenvalue weighted by atomic mass is 9.90. The van der Waals surface area contributed by atoms with Crippen LogP contribution in [0.2, 0.25) is 0 Å². The van der Waals surface area contributed by atoms with Crippen LogP contribution in [0.1, 0.15) is 65.0 Å². The summed E-state index contributed by atoms with van der Waals surface area (Å²) in [6.07, 6.45) is 5.55. The lowest BCUT2D eigenvalue weighted by Gasteiger charge is -2.41. The van der Waals surface area contributed by atoms with Gasteiger partial charge in [-0.2, -0.15) is 5.10 Å². The number of hydrogen-bond donors (Lipinski definition) is 4. The van der Waals surface area contributed by atoms with Crippen LogP contribution < -0.4 is 16.4 Å². The third-order valence-electron chi connectivity index (χ3n) is 8.88. The van der Waals surface area contributed by atoms with E-state index in [-0.39, 0.29) is 6.04 Å². The molecule has 6 rings (SSSR count). The second-order valence-electron chi connectivity index (χ2n) is 13.8. The lowest BCUT2D eigenvalue weighted by molar-refractivity contribution is -0.134. The Morgan fingerprint density at radius 2 is 1.59 bits per heavy atom. The van der Waals surface area contributed by atoms with Crippen LogP contribution in [0.15, 0.2) is 54.9 Å². The summed E-state index contributed by atoms with van der Waals surface area (Å²) in [6, 6.07) is 16.8. The highest BCUT2D eigenvalue weighted by Gasteiger charge is 2.30. The van der Waals surface area contributed by atoms with Crippen LogP contribution in [0.4, 0.5) is 22.0 Å². The van der Waals surface area contributed by atoms with Crippen LogP contribution in [-0.2, 0) is 16.1 Å². The van der Waals surface area contributed by atoms with Gasteiger partial charge in [-0.25, -0.2) is 19.4 Å². The van der Waals surface area contributed by atoms with Gasteiger partial charge < -0.3 is 25.8 Å². The van der Waals surface area contributed by atoms with Gasteiger partial charge in [0, 0.05) is 62.6 Å². The first-order valence-electron chi connectivity index (χ1n) is 16.9. The molecule has 0 unspecified atom stereocenters. The van der Waals surface area contributed by atoms with Crippen molar-refractivity contribution in [1.29, 1.82) is 0 Å². The zero-order chi connectivity index (χ0) is 35.1. The maximum Gasteiger partial charge on any atom is 0.412 e. The predicted molar refractivity (Wildman–Crippen MR) is 192 cm³/mol. The van der Waals surface area contributed by atoms with Crippen molar-refractivity contribution in [3.63, 3.8) is 0 Å². The number of carbonyl (C=O) groups is 2. The van der Waals surface area contributed by atoms with Crippen molar-refractivity contribution >= 4 is 40.3 Å². The van der Waals surface area contributed by atoms with E-state index in [9.17, 15) is 4.79 Å². The highest BCUT2D eigenvalue weighted by Crippen LogP contribution is 2.37. The van der Waals surface area contributed by atoms with Crippen molar-refractivity contribution in [2.45, 2.75) is 77.6 Å². The number of likely N-dealkylation sites (N-methyl/N-ethyl adjacent to an activating group) is 1. The summed E-state index contributed by atoms with van der Waals surface area (Å²) in [4.78, 5) is 35.4. The highest BCUT2D eigenvalue weighted by atomic mass is 16.6. The number of nitrogens with zero attached hydrogens (tertiary/aromatic N) is 6. The predicted octanol–water partition coefficient (Wildman–Crippen LogP) is 5.86. The molecule has 4 aromatic rings. The van der Waals surface area contributed by atoms with Crippen LogP contribution in [0, 0.1) is 0 Å². The molecule has 0 atom stereocenters. The van der Waals surface area contributed by atoms with Gasteiger partial charge in [-0.1, -0.05) is 30.3 Å². The van der Waals surface area contributed by atoms with E-state index in [0.717, 1.165) is 79.5 Å². The summed E-state index contributed by atoms with van der Waals surface area (Å²) in [7, 11) is 2.21. The number of nitrogens with two attached hydrogens (primary N) is 1. The van der Waals surface area contributed by atoms with Gasteiger partial charge in [-0.05, 0) is 77.3 Å². The number of carboxylic acids is 1. The Labute approximate surface area is 287 Å². The summed E-state index contributed by atoms with van der Waals surface area (Å²) in [5, 5.41) is 19.7. The Bertz CT molecular complexity index is 1710. The fourth-order valence-electron chi connectivity index (χ4n) is 6.46. The molecule has 1 aliphatic heterocycles. The Balaban J connectivity index is 0.00000111. The Kier molecular flexibility index (Phi) is 11.4. The van der Waals surface area contributed by atoms with Gasteiger partial charge in [0.25, 0.3) is 5.97 Å².